The molecule has 2 aromatic heterocycles. The molecule has 0 unspecified atom stereocenters. The summed E-state index contributed by atoms with van der Waals surface area (Å²) >= 11 is 2.46. The van der Waals surface area contributed by atoms with Crippen molar-refractivity contribution in [2.45, 2.75) is 6.92 Å². The number of aryl methyl sites for hydroxylation is 1. The van der Waals surface area contributed by atoms with Crippen LogP contribution in [0.5, 0.6) is 0 Å². The van der Waals surface area contributed by atoms with E-state index >= 15 is 0 Å². The van der Waals surface area contributed by atoms with Crippen LogP contribution in [0.25, 0.3) is 0 Å². The number of hydrogen-bond acceptors (Lipinski definition) is 5. The highest BCUT2D eigenvalue weighted by molar-refractivity contribution is 6.35. The maximum Gasteiger partial charge on any atom is 0.262 e. The lowest BCUT2D eigenvalue weighted by atomic mass is 10.2. The zero-order valence-electron chi connectivity index (χ0n) is 9.10. The molecule has 7 heteroatoms. The number of nitrogen functional groups attached to an aromatic ring is 1. The van der Waals surface area contributed by atoms with Gasteiger partial charge in [0, 0.05) is 0 Å². The van der Waals surface area contributed by atoms with Gasteiger partial charge in [0.05, 0.1) is 6.20 Å². The Morgan fingerprint density at radius 2 is 2.29 bits per heavy atom. The van der Waals surface area contributed by atoms with Gasteiger partial charge >= 0.3 is 0 Å². The maximum atomic E-state index is 11.8. The van der Waals surface area contributed by atoms with Gasteiger partial charge in [0.25, 0.3) is 5.91 Å². The average Bonchev–Trinajstić information content (AvgIpc) is 2.70. The number of nitrogens with one attached hydrogen (secondary N) is 1. The van der Waals surface area contributed by atoms with E-state index in [4.69, 9.17) is 10.3 Å². The van der Waals surface area contributed by atoms with Crippen LogP contribution in [-0.4, -0.2) is 32.3 Å². The standard InChI is InChI=1S/C10H9N4O2.Al/c1-6-7(5-12-16-6)10(15)14-9-4-2-3-8(11)13-9;/h2,4-5H,1H3,(H3,11,13,14,15);. The molecule has 2 radical (unpaired) electrons. The molecule has 0 spiro atoms. The Labute approximate surface area is 106 Å². The van der Waals surface area contributed by atoms with Crippen LogP contribution in [0, 0.1) is 6.92 Å². The largest absolute Gasteiger partial charge is 0.385 e. The van der Waals surface area contributed by atoms with Crippen molar-refractivity contribution in [1.29, 1.82) is 0 Å². The van der Waals surface area contributed by atoms with Crippen molar-refractivity contribution < 1.29 is 9.32 Å². The van der Waals surface area contributed by atoms with Crippen molar-refractivity contribution >= 4 is 38.3 Å². The molecule has 3 N–H and O–H groups in total. The first kappa shape index (κ1) is 11.6. The molecule has 2 heterocycles. The minimum Gasteiger partial charge on any atom is -0.385 e. The number of amides is 1. The van der Waals surface area contributed by atoms with Gasteiger partial charge < -0.3 is 15.6 Å². The molecule has 1 amide bonds. The molecule has 0 bridgehead atoms. The van der Waals surface area contributed by atoms with Crippen molar-refractivity contribution in [3.05, 3.63) is 29.7 Å². The highest BCUT2D eigenvalue weighted by Crippen LogP contribution is 2.10. The van der Waals surface area contributed by atoms with Gasteiger partial charge in [-0.05, 0) is 13.0 Å². The number of carbonyl (C=O) groups excluding carboxylic acids is 1. The van der Waals surface area contributed by atoms with Gasteiger partial charge in [-0.1, -0.05) is 15.6 Å². The summed E-state index contributed by atoms with van der Waals surface area (Å²) in [5.74, 6) is 0.874. The van der Waals surface area contributed by atoms with Crippen LogP contribution >= 0.6 is 0 Å². The molecule has 0 saturated carbocycles. The summed E-state index contributed by atoms with van der Waals surface area (Å²) in [4.78, 5) is 15.8. The number of rotatable bonds is 2. The number of nitrogens with zero attached hydrogens (tertiary/aromatic N) is 2. The number of aromatic nitrogens is 2. The van der Waals surface area contributed by atoms with Gasteiger partial charge in [-0.2, -0.15) is 0 Å². The lowest BCUT2D eigenvalue weighted by Crippen LogP contribution is -2.17. The molecule has 0 aliphatic rings. The van der Waals surface area contributed by atoms with E-state index in [2.05, 4.69) is 31.7 Å². The smallest absolute Gasteiger partial charge is 0.262 e. The second-order valence-corrected chi connectivity index (χ2v) is 4.04. The van der Waals surface area contributed by atoms with Crippen LogP contribution in [0.3, 0.4) is 0 Å². The van der Waals surface area contributed by atoms with Gasteiger partial charge in [-0.3, -0.25) is 4.79 Å². The summed E-state index contributed by atoms with van der Waals surface area (Å²) in [6, 6.07) is 3.42. The summed E-state index contributed by atoms with van der Waals surface area (Å²) in [6.45, 7) is 1.66. The third kappa shape index (κ3) is 2.46. The van der Waals surface area contributed by atoms with Crippen molar-refractivity contribution in [2.75, 3.05) is 11.1 Å². The highest BCUT2D eigenvalue weighted by Gasteiger charge is 2.13. The van der Waals surface area contributed by atoms with Gasteiger partial charge in [-0.15, -0.1) is 0 Å². The first-order valence-electron chi connectivity index (χ1n) is 4.82. The van der Waals surface area contributed by atoms with Crippen molar-refractivity contribution in [3.8, 4) is 0 Å². The molecule has 84 valence electrons. The van der Waals surface area contributed by atoms with Gasteiger partial charge in [0.1, 0.15) is 23.0 Å². The normalized spacial score (nSPS) is 10.2. The molecule has 0 aromatic carbocycles. The topological polar surface area (TPSA) is 94.0 Å². The average molecular weight is 244 g/mol. The molecule has 0 saturated heterocycles. The van der Waals surface area contributed by atoms with E-state index in [1.807, 2.05) is 0 Å². The first-order chi connectivity index (χ1) is 8.08. The Morgan fingerprint density at radius 3 is 2.88 bits per heavy atom. The molecule has 0 aliphatic carbocycles. The van der Waals surface area contributed by atoms with Crippen LogP contribution in [0.1, 0.15) is 16.1 Å². The monoisotopic (exact) mass is 244 g/mol. The minimum absolute atomic E-state index is 0.327. The molecule has 2 rings (SSSR count). The van der Waals surface area contributed by atoms with Crippen LogP contribution in [0.15, 0.2) is 22.9 Å². The Hall–Kier alpha value is -1.84. The molecular formula is C10H9AlN4O2. The zero-order valence-corrected chi connectivity index (χ0v) is 10.3. The highest BCUT2D eigenvalue weighted by atomic mass is 27.0. The van der Waals surface area contributed by atoms with Gasteiger partial charge in [0.15, 0.2) is 16.3 Å². The Bertz CT molecular complexity index is 567. The van der Waals surface area contributed by atoms with Crippen LogP contribution in [0.2, 0.25) is 0 Å². The Morgan fingerprint density at radius 1 is 1.53 bits per heavy atom. The van der Waals surface area contributed by atoms with Gasteiger partial charge in [-0.25, -0.2) is 4.98 Å². The second kappa shape index (κ2) is 4.57. The molecule has 0 atom stereocenters. The lowest BCUT2D eigenvalue weighted by molar-refractivity contribution is 0.102. The second-order valence-electron chi connectivity index (χ2n) is 3.42. The van der Waals surface area contributed by atoms with E-state index in [0.717, 1.165) is 4.43 Å². The van der Waals surface area contributed by atoms with E-state index in [1.165, 1.54) is 6.20 Å². The van der Waals surface area contributed by atoms with Crippen LogP contribution in [0.4, 0.5) is 11.6 Å². The van der Waals surface area contributed by atoms with Gasteiger partial charge in [0.2, 0.25) is 0 Å². The first-order valence-corrected chi connectivity index (χ1v) is 5.40. The maximum absolute atomic E-state index is 11.8. The summed E-state index contributed by atoms with van der Waals surface area (Å²) in [5.41, 5.74) is 6.01. The number of anilines is 2. The quantitative estimate of drug-likeness (QED) is 0.725. The zero-order chi connectivity index (χ0) is 12.4. The summed E-state index contributed by atoms with van der Waals surface area (Å²) in [7, 11) is 0. The van der Waals surface area contributed by atoms with E-state index in [-0.39, 0.29) is 5.91 Å². The molecule has 0 fully saturated rings. The molecule has 2 aromatic rings. The summed E-state index contributed by atoms with van der Waals surface area (Å²) < 4.78 is 5.59. The van der Waals surface area contributed by atoms with Crippen LogP contribution < -0.4 is 15.5 Å². The molecule has 6 nitrogen and oxygen atoms in total. The Kier molecular flexibility index (Phi) is 3.13. The molecular weight excluding hydrogens is 235 g/mol. The van der Waals surface area contributed by atoms with E-state index in [1.54, 1.807) is 19.1 Å². The fourth-order valence-electron chi connectivity index (χ4n) is 1.26. The minimum atomic E-state index is -0.327. The predicted molar refractivity (Wildman–Crippen MR) is 63.2 cm³/mol. The number of hydrogen-bond donors (Lipinski definition) is 2. The van der Waals surface area contributed by atoms with Crippen molar-refractivity contribution in [1.82, 2.24) is 10.1 Å². The van der Waals surface area contributed by atoms with E-state index < -0.39 is 0 Å². The lowest BCUT2D eigenvalue weighted by Gasteiger charge is -2.05. The number of pyridine rings is 1. The number of nitrogens with two attached hydrogens (primary N) is 1. The Balaban J connectivity index is 2.19. The number of carbonyl (C=O) groups is 1. The fraction of sp³-hybridized carbons (Fsp3) is 0.100. The molecule has 17 heavy (non-hydrogen) atoms. The predicted octanol–water partition coefficient (Wildman–Crippen LogP) is 0.00632. The van der Waals surface area contributed by atoms with Crippen molar-refractivity contribution in [2.24, 2.45) is 0 Å². The third-order valence-electron chi connectivity index (χ3n) is 2.19. The van der Waals surface area contributed by atoms with E-state index in [0.29, 0.717) is 23.0 Å². The van der Waals surface area contributed by atoms with Crippen molar-refractivity contribution in [3.63, 3.8) is 0 Å². The molecule has 0 aliphatic heterocycles. The van der Waals surface area contributed by atoms with E-state index in [9.17, 15) is 4.79 Å². The summed E-state index contributed by atoms with van der Waals surface area (Å²) in [6.07, 6.45) is 1.36. The van der Waals surface area contributed by atoms with Crippen LogP contribution in [-0.2, 0) is 0 Å². The SMILES string of the molecule is Cc1oncc1C(=O)Nc1cc[c]([Al])c(N)n1. The fourth-order valence-corrected chi connectivity index (χ4v) is 1.42. The third-order valence-corrected chi connectivity index (χ3v) is 2.68. The summed E-state index contributed by atoms with van der Waals surface area (Å²) in [5, 5.41) is 6.15.